The Bertz CT molecular complexity index is 1420. The van der Waals surface area contributed by atoms with Crippen molar-refractivity contribution in [2.75, 3.05) is 16.8 Å². The topological polar surface area (TPSA) is 67.3 Å². The van der Waals surface area contributed by atoms with Crippen LogP contribution in [0.5, 0.6) is 0 Å². The average molecular weight is 497 g/mol. The monoisotopic (exact) mass is 496 g/mol. The molecule has 0 saturated carbocycles. The van der Waals surface area contributed by atoms with E-state index in [1.54, 1.807) is 24.3 Å². The minimum atomic E-state index is -0.409. The Morgan fingerprint density at radius 3 is 2.51 bits per heavy atom. The van der Waals surface area contributed by atoms with Gasteiger partial charge in [-0.3, -0.25) is 0 Å². The van der Waals surface area contributed by atoms with E-state index in [4.69, 9.17) is 9.72 Å². The predicted molar refractivity (Wildman–Crippen MR) is 143 cm³/mol. The predicted octanol–water partition coefficient (Wildman–Crippen LogP) is 6.46. The van der Waals surface area contributed by atoms with Crippen molar-refractivity contribution in [3.8, 4) is 0 Å². The summed E-state index contributed by atoms with van der Waals surface area (Å²) in [6.45, 7) is 6.90. The molecule has 0 radical (unpaired) electrons. The van der Waals surface area contributed by atoms with Gasteiger partial charge in [-0.2, -0.15) is 4.98 Å². The van der Waals surface area contributed by atoms with E-state index in [9.17, 15) is 9.18 Å². The molecule has 7 heteroatoms. The van der Waals surface area contributed by atoms with Crippen LogP contribution in [0.3, 0.4) is 0 Å². The van der Waals surface area contributed by atoms with Crippen LogP contribution in [-0.2, 0) is 17.8 Å². The molecule has 6 nitrogen and oxygen atoms in total. The van der Waals surface area contributed by atoms with Crippen molar-refractivity contribution in [2.24, 2.45) is 0 Å². The summed E-state index contributed by atoms with van der Waals surface area (Å²) in [5.41, 5.74) is 6.30. The highest BCUT2D eigenvalue weighted by atomic mass is 19.1. The van der Waals surface area contributed by atoms with Crippen molar-refractivity contribution in [2.45, 2.75) is 39.8 Å². The van der Waals surface area contributed by atoms with E-state index >= 15 is 0 Å². The molecule has 5 rings (SSSR count). The molecule has 4 aromatic rings. The summed E-state index contributed by atoms with van der Waals surface area (Å²) in [5.74, 6) is 0.413. The number of aromatic nitrogens is 2. The Morgan fingerprint density at radius 2 is 1.76 bits per heavy atom. The van der Waals surface area contributed by atoms with Crippen LogP contribution in [0, 0.1) is 19.7 Å². The number of hydrogen-bond donors (Lipinski definition) is 1. The number of hydrogen-bond acceptors (Lipinski definition) is 6. The molecule has 188 valence electrons. The number of carbonyl (C=O) groups is 1. The van der Waals surface area contributed by atoms with Crippen LogP contribution in [0.4, 0.5) is 21.8 Å². The second-order valence-corrected chi connectivity index (χ2v) is 9.33. The third-order valence-corrected chi connectivity index (χ3v) is 6.82. The maximum atomic E-state index is 13.4. The fraction of sp³-hybridized carbons (Fsp3) is 0.233. The number of benzene rings is 3. The van der Waals surface area contributed by atoms with E-state index in [2.05, 4.69) is 46.4 Å². The largest absolute Gasteiger partial charge is 0.456 e. The molecule has 0 saturated heterocycles. The molecule has 2 heterocycles. The fourth-order valence-electron chi connectivity index (χ4n) is 4.66. The molecule has 1 aliphatic rings. The summed E-state index contributed by atoms with van der Waals surface area (Å²) in [4.78, 5) is 24.5. The van der Waals surface area contributed by atoms with Crippen molar-refractivity contribution < 1.29 is 13.9 Å². The number of anilines is 3. The quantitative estimate of drug-likeness (QED) is 0.309. The maximum Gasteiger partial charge on any atom is 0.338 e. The highest BCUT2D eigenvalue weighted by Crippen LogP contribution is 2.35. The molecular formula is C30H29FN4O2. The normalized spacial score (nSPS) is 14.7. The highest BCUT2D eigenvalue weighted by Gasteiger charge is 2.27. The van der Waals surface area contributed by atoms with Crippen LogP contribution in [-0.4, -0.2) is 22.5 Å². The molecule has 0 bridgehead atoms. The molecule has 0 spiro atoms. The van der Waals surface area contributed by atoms with Gasteiger partial charge in [-0.05, 0) is 74.7 Å². The molecule has 0 aliphatic carbocycles. The molecule has 3 aromatic carbocycles. The van der Waals surface area contributed by atoms with Crippen molar-refractivity contribution >= 4 is 23.4 Å². The van der Waals surface area contributed by atoms with Gasteiger partial charge in [0.05, 0.1) is 17.3 Å². The van der Waals surface area contributed by atoms with Gasteiger partial charge < -0.3 is 15.0 Å². The summed E-state index contributed by atoms with van der Waals surface area (Å²) < 4.78 is 19.1. The molecule has 0 amide bonds. The van der Waals surface area contributed by atoms with Gasteiger partial charge in [0.1, 0.15) is 18.2 Å². The van der Waals surface area contributed by atoms with Gasteiger partial charge in [-0.15, -0.1) is 0 Å². The molecule has 37 heavy (non-hydrogen) atoms. The maximum absolute atomic E-state index is 13.4. The van der Waals surface area contributed by atoms with Crippen LogP contribution < -0.4 is 10.2 Å². The summed E-state index contributed by atoms with van der Waals surface area (Å²) in [7, 11) is 0. The summed E-state index contributed by atoms with van der Waals surface area (Å²) >= 11 is 0. The van der Waals surface area contributed by atoms with Crippen molar-refractivity contribution in [1.82, 2.24) is 9.97 Å². The molecule has 1 N–H and O–H groups in total. The van der Waals surface area contributed by atoms with Gasteiger partial charge in [0.25, 0.3) is 0 Å². The number of fused-ring (bicyclic) bond motifs is 1. The minimum Gasteiger partial charge on any atom is -0.456 e. The summed E-state index contributed by atoms with van der Waals surface area (Å²) in [6.07, 6.45) is 0.905. The molecule has 0 fully saturated rings. The number of nitrogens with zero attached hydrogens (tertiary/aromatic N) is 3. The van der Waals surface area contributed by atoms with Crippen LogP contribution >= 0.6 is 0 Å². The van der Waals surface area contributed by atoms with Gasteiger partial charge in [-0.25, -0.2) is 14.2 Å². The third kappa shape index (κ3) is 5.31. The fourth-order valence-corrected chi connectivity index (χ4v) is 4.66. The van der Waals surface area contributed by atoms with E-state index in [1.165, 1.54) is 23.3 Å². The van der Waals surface area contributed by atoms with Gasteiger partial charge >= 0.3 is 5.97 Å². The highest BCUT2D eigenvalue weighted by molar-refractivity contribution is 5.89. The number of carbonyl (C=O) groups excluding carboxylic acids is 1. The van der Waals surface area contributed by atoms with E-state index in [-0.39, 0.29) is 18.5 Å². The molecule has 1 aliphatic heterocycles. The first-order chi connectivity index (χ1) is 17.9. The van der Waals surface area contributed by atoms with Crippen LogP contribution in [0.25, 0.3) is 0 Å². The lowest BCUT2D eigenvalue weighted by atomic mass is 9.93. The summed E-state index contributed by atoms with van der Waals surface area (Å²) in [6, 6.07) is 21.9. The molecule has 1 aromatic heterocycles. The van der Waals surface area contributed by atoms with Gasteiger partial charge in [0.15, 0.2) is 0 Å². The lowest BCUT2D eigenvalue weighted by Gasteiger charge is -2.37. The van der Waals surface area contributed by atoms with Crippen molar-refractivity contribution in [3.63, 3.8) is 0 Å². The lowest BCUT2D eigenvalue weighted by Crippen LogP contribution is -2.35. The van der Waals surface area contributed by atoms with Crippen molar-refractivity contribution in [3.05, 3.63) is 112 Å². The first-order valence-corrected chi connectivity index (χ1v) is 12.4. The minimum absolute atomic E-state index is 0.00493. The second kappa shape index (κ2) is 10.4. The van der Waals surface area contributed by atoms with Crippen molar-refractivity contribution in [1.29, 1.82) is 0 Å². The zero-order valence-corrected chi connectivity index (χ0v) is 21.2. The SMILES string of the molecule is Cc1ccc(C(=O)OCc2nc(Nc3ccc(F)cc3)nc(N3CCc4ccccc4C3C)c2C)cc1. The summed E-state index contributed by atoms with van der Waals surface area (Å²) in [5, 5.41) is 3.18. The van der Waals surface area contributed by atoms with Crippen LogP contribution in [0.1, 0.15) is 51.3 Å². The Labute approximate surface area is 216 Å². The number of aryl methyl sites for hydroxylation is 1. The second-order valence-electron chi connectivity index (χ2n) is 9.33. The number of rotatable bonds is 6. The van der Waals surface area contributed by atoms with E-state index in [0.29, 0.717) is 22.9 Å². The zero-order chi connectivity index (χ0) is 25.9. The molecular weight excluding hydrogens is 467 g/mol. The third-order valence-electron chi connectivity index (χ3n) is 6.82. The number of nitrogens with one attached hydrogen (secondary N) is 1. The number of halogens is 1. The Kier molecular flexibility index (Phi) is 6.86. The number of ether oxygens (including phenoxy) is 1. The molecule has 1 atom stereocenters. The van der Waals surface area contributed by atoms with E-state index < -0.39 is 5.97 Å². The smallest absolute Gasteiger partial charge is 0.338 e. The Balaban J connectivity index is 1.47. The Hall–Kier alpha value is -4.26. The van der Waals surface area contributed by atoms with E-state index in [1.807, 2.05) is 26.0 Å². The zero-order valence-electron chi connectivity index (χ0n) is 21.2. The average Bonchev–Trinajstić information content (AvgIpc) is 2.91. The van der Waals surface area contributed by atoms with Crippen LogP contribution in [0.15, 0.2) is 72.8 Å². The standard InChI is InChI=1S/C30H29FN4O2/c1-19-8-10-23(11-9-19)29(36)37-18-27-20(2)28(34-30(33-27)32-25-14-12-24(31)13-15-25)35-17-16-22-6-4-5-7-26(22)21(35)3/h4-15,21H,16-18H2,1-3H3,(H,32,33,34). The number of esters is 1. The first-order valence-electron chi connectivity index (χ1n) is 12.4. The van der Waals surface area contributed by atoms with E-state index in [0.717, 1.165) is 29.9 Å². The van der Waals surface area contributed by atoms with Crippen LogP contribution in [0.2, 0.25) is 0 Å². The van der Waals surface area contributed by atoms with Gasteiger partial charge in [-0.1, -0.05) is 42.0 Å². The molecule has 1 unspecified atom stereocenters. The lowest BCUT2D eigenvalue weighted by molar-refractivity contribution is 0.0467. The van der Waals surface area contributed by atoms with Gasteiger partial charge in [0, 0.05) is 17.8 Å². The Morgan fingerprint density at radius 1 is 1.03 bits per heavy atom. The van der Waals surface area contributed by atoms with Gasteiger partial charge in [0.2, 0.25) is 5.95 Å². The first kappa shape index (κ1) is 24.4.